The van der Waals surface area contributed by atoms with Crippen LogP contribution in [0.1, 0.15) is 37.0 Å². The molecular weight excluding hydrogens is 398 g/mol. The number of aryl methyl sites for hydroxylation is 1. The van der Waals surface area contributed by atoms with Gasteiger partial charge in [-0.1, -0.05) is 12.1 Å². The second-order valence-corrected chi connectivity index (χ2v) is 9.28. The molecule has 6 nitrogen and oxygen atoms in total. The second kappa shape index (κ2) is 7.41. The molecule has 162 valence electrons. The number of carbonyl (C=O) groups is 1. The molecule has 3 aromatic heterocycles. The number of benzene rings is 2. The highest BCUT2D eigenvalue weighted by Gasteiger charge is 2.15. The number of hydrogen-bond donors (Lipinski definition) is 2. The first-order chi connectivity index (χ1) is 15.3. The Balaban J connectivity index is 1.33. The summed E-state index contributed by atoms with van der Waals surface area (Å²) in [7, 11) is 2.05. The van der Waals surface area contributed by atoms with Gasteiger partial charge in [0.1, 0.15) is 5.82 Å². The van der Waals surface area contributed by atoms with Crippen molar-refractivity contribution in [3.63, 3.8) is 0 Å². The van der Waals surface area contributed by atoms with E-state index in [4.69, 9.17) is 0 Å². The summed E-state index contributed by atoms with van der Waals surface area (Å²) in [5, 5.41) is 4.18. The first-order valence-corrected chi connectivity index (χ1v) is 10.8. The molecule has 3 heterocycles. The molecule has 0 radical (unpaired) electrons. The number of H-pyrrole nitrogens is 1. The molecule has 0 aliphatic carbocycles. The van der Waals surface area contributed by atoms with E-state index in [2.05, 4.69) is 90.3 Å². The summed E-state index contributed by atoms with van der Waals surface area (Å²) in [6.45, 7) is 6.67. The zero-order valence-corrected chi connectivity index (χ0v) is 18.8. The summed E-state index contributed by atoms with van der Waals surface area (Å²) >= 11 is 0. The van der Waals surface area contributed by atoms with Gasteiger partial charge in [-0.2, -0.15) is 0 Å². The fraction of sp³-hybridized carbons (Fsp3) is 0.231. The van der Waals surface area contributed by atoms with Crippen LogP contribution in [-0.4, -0.2) is 25.0 Å². The highest BCUT2D eigenvalue weighted by atomic mass is 16.1. The molecule has 5 aromatic rings. The van der Waals surface area contributed by atoms with E-state index < -0.39 is 0 Å². The van der Waals surface area contributed by atoms with Crippen molar-refractivity contribution in [2.45, 2.75) is 32.9 Å². The van der Waals surface area contributed by atoms with Crippen LogP contribution < -0.4 is 5.32 Å². The fourth-order valence-electron chi connectivity index (χ4n) is 4.00. The van der Waals surface area contributed by atoms with Crippen molar-refractivity contribution < 1.29 is 4.79 Å². The molecule has 0 unspecified atom stereocenters. The number of amides is 1. The Morgan fingerprint density at radius 3 is 2.59 bits per heavy atom. The minimum Gasteiger partial charge on any atom is -0.351 e. The summed E-state index contributed by atoms with van der Waals surface area (Å²) in [5.41, 5.74) is 5.95. The molecule has 0 spiro atoms. The highest BCUT2D eigenvalue weighted by molar-refractivity contribution is 5.94. The minimum absolute atomic E-state index is 0.0555. The van der Waals surface area contributed by atoms with E-state index in [0.29, 0.717) is 12.1 Å². The second-order valence-electron chi connectivity index (χ2n) is 9.28. The maximum atomic E-state index is 12.6. The van der Waals surface area contributed by atoms with Gasteiger partial charge in [-0.25, -0.2) is 4.98 Å². The van der Waals surface area contributed by atoms with E-state index in [9.17, 15) is 4.79 Å². The van der Waals surface area contributed by atoms with Crippen molar-refractivity contribution in [1.82, 2.24) is 24.4 Å². The van der Waals surface area contributed by atoms with Crippen molar-refractivity contribution in [3.8, 4) is 11.1 Å². The molecule has 0 aliphatic heterocycles. The van der Waals surface area contributed by atoms with Gasteiger partial charge in [0.15, 0.2) is 0 Å². The topological polar surface area (TPSA) is 67.6 Å². The van der Waals surface area contributed by atoms with E-state index >= 15 is 0 Å². The van der Waals surface area contributed by atoms with Crippen LogP contribution in [0.4, 0.5) is 0 Å². The number of aromatic amines is 1. The maximum Gasteiger partial charge on any atom is 0.253 e. The van der Waals surface area contributed by atoms with Crippen LogP contribution in [0.5, 0.6) is 0 Å². The molecule has 1 amide bonds. The minimum atomic E-state index is -0.106. The van der Waals surface area contributed by atoms with E-state index in [1.165, 1.54) is 16.5 Å². The Bertz CT molecular complexity index is 1440. The fourth-order valence-corrected chi connectivity index (χ4v) is 4.00. The molecule has 2 N–H and O–H groups in total. The monoisotopic (exact) mass is 425 g/mol. The van der Waals surface area contributed by atoms with Crippen LogP contribution in [0.25, 0.3) is 33.1 Å². The van der Waals surface area contributed by atoms with E-state index in [-0.39, 0.29) is 11.4 Å². The van der Waals surface area contributed by atoms with Crippen LogP contribution in [0.3, 0.4) is 0 Å². The maximum absolute atomic E-state index is 12.6. The summed E-state index contributed by atoms with van der Waals surface area (Å²) < 4.78 is 4.16. The van der Waals surface area contributed by atoms with Gasteiger partial charge >= 0.3 is 0 Å². The lowest BCUT2D eigenvalue weighted by Gasteiger charge is -2.20. The largest absolute Gasteiger partial charge is 0.351 e. The van der Waals surface area contributed by atoms with Gasteiger partial charge in [0.05, 0.1) is 23.1 Å². The van der Waals surface area contributed by atoms with Crippen molar-refractivity contribution in [2.75, 3.05) is 0 Å². The Labute approximate surface area is 186 Å². The van der Waals surface area contributed by atoms with Gasteiger partial charge in [0.25, 0.3) is 5.91 Å². The molecule has 0 bridgehead atoms. The lowest BCUT2D eigenvalue weighted by atomic mass is 10.0. The van der Waals surface area contributed by atoms with Crippen molar-refractivity contribution in [2.24, 2.45) is 7.05 Å². The normalized spacial score (nSPS) is 12.0. The SMILES string of the molecule is Cn1ccc2cc(-c3ccc4nc(CNC(=O)c5ccn(C(C)(C)C)c5)[nH]c4c3)ccc21. The summed E-state index contributed by atoms with van der Waals surface area (Å²) in [6, 6.07) is 16.7. The third-order valence-electron chi connectivity index (χ3n) is 5.90. The molecule has 0 saturated carbocycles. The van der Waals surface area contributed by atoms with Gasteiger partial charge in [-0.05, 0) is 68.3 Å². The van der Waals surface area contributed by atoms with Gasteiger partial charge in [0, 0.05) is 42.1 Å². The smallest absolute Gasteiger partial charge is 0.253 e. The van der Waals surface area contributed by atoms with Crippen molar-refractivity contribution in [3.05, 3.63) is 78.5 Å². The average molecular weight is 426 g/mol. The third kappa shape index (κ3) is 3.68. The lowest BCUT2D eigenvalue weighted by Crippen LogP contribution is -2.24. The first kappa shape index (κ1) is 20.1. The molecular formula is C26H27N5O. The lowest BCUT2D eigenvalue weighted by molar-refractivity contribution is 0.0950. The van der Waals surface area contributed by atoms with Crippen LogP contribution in [0.2, 0.25) is 0 Å². The van der Waals surface area contributed by atoms with Crippen LogP contribution >= 0.6 is 0 Å². The van der Waals surface area contributed by atoms with Gasteiger partial charge in [0.2, 0.25) is 0 Å². The Morgan fingerprint density at radius 1 is 1.03 bits per heavy atom. The van der Waals surface area contributed by atoms with Crippen LogP contribution in [0.15, 0.2) is 67.1 Å². The predicted molar refractivity (Wildman–Crippen MR) is 129 cm³/mol. The first-order valence-electron chi connectivity index (χ1n) is 10.8. The number of nitrogens with zero attached hydrogens (tertiary/aromatic N) is 3. The molecule has 0 fully saturated rings. The van der Waals surface area contributed by atoms with Gasteiger partial charge in [-0.15, -0.1) is 0 Å². The molecule has 32 heavy (non-hydrogen) atoms. The van der Waals surface area contributed by atoms with Crippen LogP contribution in [0, 0.1) is 0 Å². The number of fused-ring (bicyclic) bond motifs is 2. The number of nitrogens with one attached hydrogen (secondary N) is 2. The number of carbonyl (C=O) groups excluding carboxylic acids is 1. The van der Waals surface area contributed by atoms with Crippen molar-refractivity contribution >= 4 is 27.8 Å². The Morgan fingerprint density at radius 2 is 1.81 bits per heavy atom. The van der Waals surface area contributed by atoms with Gasteiger partial charge in [-0.3, -0.25) is 4.79 Å². The summed E-state index contributed by atoms with van der Waals surface area (Å²) in [6.07, 6.45) is 5.89. The standard InChI is InChI=1S/C26H27N5O/c1-26(2,3)31-12-10-20(16-31)25(32)27-15-24-28-21-7-5-18(14-22(21)29-24)17-6-8-23-19(13-17)9-11-30(23)4/h5-14,16H,15H2,1-4H3,(H,27,32)(H,28,29). The zero-order chi connectivity index (χ0) is 22.5. The quantitative estimate of drug-likeness (QED) is 0.415. The summed E-state index contributed by atoms with van der Waals surface area (Å²) in [4.78, 5) is 20.5. The molecule has 0 saturated heterocycles. The molecule has 0 atom stereocenters. The molecule has 6 heteroatoms. The number of aromatic nitrogens is 4. The number of imidazole rings is 1. The number of rotatable bonds is 4. The van der Waals surface area contributed by atoms with Crippen LogP contribution in [-0.2, 0) is 19.1 Å². The zero-order valence-electron chi connectivity index (χ0n) is 18.8. The number of hydrogen-bond acceptors (Lipinski definition) is 2. The van der Waals surface area contributed by atoms with Crippen molar-refractivity contribution in [1.29, 1.82) is 0 Å². The third-order valence-corrected chi connectivity index (χ3v) is 5.90. The van der Waals surface area contributed by atoms with E-state index in [1.807, 2.05) is 29.1 Å². The highest BCUT2D eigenvalue weighted by Crippen LogP contribution is 2.27. The molecule has 2 aromatic carbocycles. The Hall–Kier alpha value is -3.80. The van der Waals surface area contributed by atoms with E-state index in [1.54, 1.807) is 0 Å². The average Bonchev–Trinajstić information content (AvgIpc) is 3.49. The Kier molecular flexibility index (Phi) is 4.66. The predicted octanol–water partition coefficient (Wildman–Crippen LogP) is 5.21. The molecule has 0 aliphatic rings. The van der Waals surface area contributed by atoms with E-state index in [0.717, 1.165) is 22.4 Å². The summed E-state index contributed by atoms with van der Waals surface area (Å²) in [5.74, 6) is 0.629. The molecule has 5 rings (SSSR count). The van der Waals surface area contributed by atoms with Gasteiger partial charge < -0.3 is 19.4 Å².